The zero-order valence-electron chi connectivity index (χ0n) is 10.6. The molecule has 0 aliphatic carbocycles. The number of nitrogens with one attached hydrogen (secondary N) is 1. The monoisotopic (exact) mass is 327 g/mol. The van der Waals surface area contributed by atoms with E-state index in [9.17, 15) is 4.39 Å². The number of thiophene rings is 1. The predicted octanol–water partition coefficient (Wildman–Crippen LogP) is 5.19. The van der Waals surface area contributed by atoms with Crippen LogP contribution in [0.3, 0.4) is 0 Å². The summed E-state index contributed by atoms with van der Waals surface area (Å²) in [4.78, 5) is 2.65. The molecule has 0 radical (unpaired) electrons. The van der Waals surface area contributed by atoms with Crippen LogP contribution in [0.1, 0.15) is 20.9 Å². The second-order valence-corrected chi connectivity index (χ2v) is 6.69. The SMILES string of the molecule is Cc1cc(CNc2cc(Br)c(F)cc2C)c(C)s1. The van der Waals surface area contributed by atoms with E-state index in [-0.39, 0.29) is 5.82 Å². The van der Waals surface area contributed by atoms with Crippen LogP contribution in [0.4, 0.5) is 10.1 Å². The van der Waals surface area contributed by atoms with Crippen molar-refractivity contribution in [2.24, 2.45) is 0 Å². The van der Waals surface area contributed by atoms with Crippen LogP contribution >= 0.6 is 27.3 Å². The van der Waals surface area contributed by atoms with Crippen LogP contribution in [-0.2, 0) is 6.54 Å². The minimum Gasteiger partial charge on any atom is -0.381 e. The number of aryl methyl sites for hydroxylation is 3. The smallest absolute Gasteiger partial charge is 0.137 e. The van der Waals surface area contributed by atoms with Gasteiger partial charge in [-0.3, -0.25) is 0 Å². The Bertz CT molecular complexity index is 577. The van der Waals surface area contributed by atoms with Gasteiger partial charge in [0.15, 0.2) is 0 Å². The highest BCUT2D eigenvalue weighted by Gasteiger charge is 2.07. The number of anilines is 1. The Labute approximate surface area is 119 Å². The molecule has 0 aliphatic heterocycles. The van der Waals surface area contributed by atoms with Crippen LogP contribution in [0.2, 0.25) is 0 Å². The third-order valence-electron chi connectivity index (χ3n) is 2.88. The summed E-state index contributed by atoms with van der Waals surface area (Å²) in [5, 5.41) is 3.36. The van der Waals surface area contributed by atoms with E-state index in [0.717, 1.165) is 17.8 Å². The summed E-state index contributed by atoms with van der Waals surface area (Å²) in [6.07, 6.45) is 0. The van der Waals surface area contributed by atoms with Crippen LogP contribution in [0, 0.1) is 26.6 Å². The van der Waals surface area contributed by atoms with Gasteiger partial charge < -0.3 is 5.32 Å². The van der Waals surface area contributed by atoms with Crippen molar-refractivity contribution in [3.8, 4) is 0 Å². The van der Waals surface area contributed by atoms with Crippen molar-refractivity contribution in [3.05, 3.63) is 49.4 Å². The number of rotatable bonds is 3. The number of hydrogen-bond donors (Lipinski definition) is 1. The Morgan fingerprint density at radius 3 is 2.56 bits per heavy atom. The fourth-order valence-corrected chi connectivity index (χ4v) is 3.18. The van der Waals surface area contributed by atoms with Gasteiger partial charge in [0.05, 0.1) is 4.47 Å². The molecule has 96 valence electrons. The molecular weight excluding hydrogens is 313 g/mol. The van der Waals surface area contributed by atoms with E-state index >= 15 is 0 Å². The highest BCUT2D eigenvalue weighted by molar-refractivity contribution is 9.10. The molecular formula is C14H15BrFNS. The lowest BCUT2D eigenvalue weighted by atomic mass is 10.2. The lowest BCUT2D eigenvalue weighted by molar-refractivity contribution is 0.620. The van der Waals surface area contributed by atoms with E-state index in [0.29, 0.717) is 4.47 Å². The van der Waals surface area contributed by atoms with Gasteiger partial charge in [-0.2, -0.15) is 0 Å². The van der Waals surface area contributed by atoms with Crippen LogP contribution in [0.15, 0.2) is 22.7 Å². The summed E-state index contributed by atoms with van der Waals surface area (Å²) in [5.41, 5.74) is 3.18. The van der Waals surface area contributed by atoms with Crippen molar-refractivity contribution in [3.63, 3.8) is 0 Å². The van der Waals surface area contributed by atoms with Crippen molar-refractivity contribution in [2.75, 3.05) is 5.32 Å². The third kappa shape index (κ3) is 2.93. The molecule has 0 saturated carbocycles. The molecule has 0 bridgehead atoms. The molecule has 2 rings (SSSR count). The molecule has 4 heteroatoms. The summed E-state index contributed by atoms with van der Waals surface area (Å²) in [7, 11) is 0. The average Bonchev–Trinajstić information content (AvgIpc) is 2.61. The molecule has 1 aromatic carbocycles. The standard InChI is InChI=1S/C14H15BrFNS/c1-8-4-13(16)12(15)6-14(8)17-7-11-5-9(2)18-10(11)3/h4-6,17H,7H2,1-3H3. The minimum absolute atomic E-state index is 0.222. The molecule has 0 amide bonds. The Hall–Kier alpha value is -0.870. The molecule has 1 N–H and O–H groups in total. The van der Waals surface area contributed by atoms with Crippen molar-refractivity contribution in [2.45, 2.75) is 27.3 Å². The zero-order valence-corrected chi connectivity index (χ0v) is 13.0. The van der Waals surface area contributed by atoms with Gasteiger partial charge in [-0.15, -0.1) is 11.3 Å². The fourth-order valence-electron chi connectivity index (χ4n) is 1.89. The average molecular weight is 328 g/mol. The number of halogens is 2. The number of benzene rings is 1. The summed E-state index contributed by atoms with van der Waals surface area (Å²) < 4.78 is 13.8. The third-order valence-corrected chi connectivity index (χ3v) is 4.50. The Morgan fingerprint density at radius 2 is 1.94 bits per heavy atom. The largest absolute Gasteiger partial charge is 0.381 e. The van der Waals surface area contributed by atoms with Gasteiger partial charge in [0.1, 0.15) is 5.82 Å². The minimum atomic E-state index is -0.222. The van der Waals surface area contributed by atoms with E-state index in [1.807, 2.05) is 6.92 Å². The first-order chi connectivity index (χ1) is 8.47. The van der Waals surface area contributed by atoms with Crippen molar-refractivity contribution < 1.29 is 4.39 Å². The fraction of sp³-hybridized carbons (Fsp3) is 0.286. The van der Waals surface area contributed by atoms with Gasteiger partial charge in [0, 0.05) is 22.0 Å². The second kappa shape index (κ2) is 5.41. The Kier molecular flexibility index (Phi) is 4.07. The molecule has 0 spiro atoms. The Morgan fingerprint density at radius 1 is 1.22 bits per heavy atom. The molecule has 0 saturated heterocycles. The first kappa shape index (κ1) is 13.6. The van der Waals surface area contributed by atoms with Gasteiger partial charge in [0.2, 0.25) is 0 Å². The van der Waals surface area contributed by atoms with Crippen LogP contribution in [-0.4, -0.2) is 0 Å². The summed E-state index contributed by atoms with van der Waals surface area (Å²) in [5.74, 6) is -0.222. The zero-order chi connectivity index (χ0) is 13.3. The van der Waals surface area contributed by atoms with Crippen molar-refractivity contribution >= 4 is 33.0 Å². The van der Waals surface area contributed by atoms with Crippen LogP contribution in [0.5, 0.6) is 0 Å². The lowest BCUT2D eigenvalue weighted by Crippen LogP contribution is -2.01. The van der Waals surface area contributed by atoms with Crippen LogP contribution < -0.4 is 5.32 Å². The maximum absolute atomic E-state index is 13.3. The highest BCUT2D eigenvalue weighted by atomic mass is 79.9. The lowest BCUT2D eigenvalue weighted by Gasteiger charge is -2.10. The normalized spacial score (nSPS) is 10.7. The van der Waals surface area contributed by atoms with Gasteiger partial charge in [0.25, 0.3) is 0 Å². The van der Waals surface area contributed by atoms with Gasteiger partial charge in [-0.05, 0) is 66.0 Å². The molecule has 1 aromatic heterocycles. The topological polar surface area (TPSA) is 12.0 Å². The van der Waals surface area contributed by atoms with Gasteiger partial charge in [-0.1, -0.05) is 0 Å². The molecule has 1 nitrogen and oxygen atoms in total. The molecule has 1 heterocycles. The van der Waals surface area contributed by atoms with E-state index < -0.39 is 0 Å². The summed E-state index contributed by atoms with van der Waals surface area (Å²) in [6, 6.07) is 5.53. The molecule has 0 unspecified atom stereocenters. The quantitative estimate of drug-likeness (QED) is 0.818. The van der Waals surface area contributed by atoms with Crippen molar-refractivity contribution in [1.29, 1.82) is 0 Å². The van der Waals surface area contributed by atoms with Gasteiger partial charge >= 0.3 is 0 Å². The van der Waals surface area contributed by atoms with Crippen molar-refractivity contribution in [1.82, 2.24) is 0 Å². The van der Waals surface area contributed by atoms with E-state index in [4.69, 9.17) is 0 Å². The highest BCUT2D eigenvalue weighted by Crippen LogP contribution is 2.26. The maximum Gasteiger partial charge on any atom is 0.137 e. The molecule has 2 aromatic rings. The first-order valence-electron chi connectivity index (χ1n) is 5.73. The van der Waals surface area contributed by atoms with Gasteiger partial charge in [-0.25, -0.2) is 4.39 Å². The van der Waals surface area contributed by atoms with E-state index in [1.165, 1.54) is 21.4 Å². The molecule has 0 atom stereocenters. The van der Waals surface area contributed by atoms with E-state index in [1.54, 1.807) is 17.4 Å². The summed E-state index contributed by atoms with van der Waals surface area (Å²) in [6.45, 7) is 6.92. The first-order valence-corrected chi connectivity index (χ1v) is 7.33. The molecule has 0 aliphatic rings. The van der Waals surface area contributed by atoms with E-state index in [2.05, 4.69) is 41.2 Å². The molecule has 18 heavy (non-hydrogen) atoms. The number of hydrogen-bond acceptors (Lipinski definition) is 2. The van der Waals surface area contributed by atoms with Crippen LogP contribution in [0.25, 0.3) is 0 Å². The second-order valence-electron chi connectivity index (χ2n) is 4.37. The summed E-state index contributed by atoms with van der Waals surface area (Å²) >= 11 is 5.02. The Balaban J connectivity index is 2.15. The molecule has 0 fully saturated rings. The predicted molar refractivity (Wildman–Crippen MR) is 80.0 cm³/mol. The maximum atomic E-state index is 13.3.